The lowest BCUT2D eigenvalue weighted by Gasteiger charge is -2.30. The number of hydrogen-bond donors (Lipinski definition) is 0. The van der Waals surface area contributed by atoms with Crippen LogP contribution in [-0.4, -0.2) is 62.3 Å². The number of benzene rings is 2. The minimum absolute atomic E-state index is 0.0511. The predicted molar refractivity (Wildman–Crippen MR) is 119 cm³/mol. The highest BCUT2D eigenvalue weighted by atomic mass is 32.1. The lowest BCUT2D eigenvalue weighted by atomic mass is 10.1. The van der Waals surface area contributed by atoms with Gasteiger partial charge < -0.3 is 9.47 Å². The third kappa shape index (κ3) is 4.10. The van der Waals surface area contributed by atoms with E-state index in [-0.39, 0.29) is 5.43 Å². The van der Waals surface area contributed by atoms with Crippen LogP contribution in [0.25, 0.3) is 20.2 Å². The van der Waals surface area contributed by atoms with E-state index in [1.54, 1.807) is 11.3 Å². The molecule has 0 aliphatic carbocycles. The molecule has 3 aromatic rings. The molecular weight excluding hydrogens is 384 g/mol. The molecule has 0 spiro atoms. The largest absolute Gasteiger partial charge is 0.492 e. The minimum Gasteiger partial charge on any atom is -0.492 e. The maximum absolute atomic E-state index is 13.1. The van der Waals surface area contributed by atoms with Crippen molar-refractivity contribution in [2.24, 2.45) is 0 Å². The normalized spacial score (nSPS) is 17.2. The van der Waals surface area contributed by atoms with E-state index >= 15 is 0 Å². The molecule has 2 saturated heterocycles. The maximum Gasteiger partial charge on any atom is 0.196 e. The summed E-state index contributed by atoms with van der Waals surface area (Å²) in [6.45, 7) is 7.88. The summed E-state index contributed by atoms with van der Waals surface area (Å²) >= 11 is 1.64. The smallest absolute Gasteiger partial charge is 0.196 e. The van der Waals surface area contributed by atoms with E-state index in [0.717, 1.165) is 44.8 Å². The Hall–Kier alpha value is -2.15. The fraction of sp³-hybridized carbons (Fsp3) is 0.435. The Labute approximate surface area is 174 Å². The number of fused-ring (bicyclic) bond motifs is 2. The van der Waals surface area contributed by atoms with E-state index in [1.165, 1.54) is 39.0 Å². The van der Waals surface area contributed by atoms with E-state index in [1.807, 2.05) is 36.4 Å². The highest BCUT2D eigenvalue weighted by Gasteiger charge is 2.14. The van der Waals surface area contributed by atoms with Gasteiger partial charge in [-0.05, 0) is 75.4 Å². The van der Waals surface area contributed by atoms with Crippen LogP contribution in [0.5, 0.6) is 11.5 Å². The van der Waals surface area contributed by atoms with Crippen LogP contribution < -0.4 is 14.9 Å². The zero-order chi connectivity index (χ0) is 19.6. The van der Waals surface area contributed by atoms with Gasteiger partial charge in [0.15, 0.2) is 5.43 Å². The van der Waals surface area contributed by atoms with Gasteiger partial charge in [-0.25, -0.2) is 0 Å². The topological polar surface area (TPSA) is 42.0 Å². The summed E-state index contributed by atoms with van der Waals surface area (Å²) in [5, 5.41) is 1.45. The Kier molecular flexibility index (Phi) is 5.40. The molecule has 152 valence electrons. The van der Waals surface area contributed by atoms with Gasteiger partial charge in [-0.15, -0.1) is 11.3 Å². The monoisotopic (exact) mass is 410 g/mol. The molecule has 3 heterocycles. The molecule has 0 saturated carbocycles. The number of rotatable bonds is 8. The average Bonchev–Trinajstić information content (AvgIpc) is 2.66. The third-order valence-corrected chi connectivity index (χ3v) is 7.01. The summed E-state index contributed by atoms with van der Waals surface area (Å²) in [5.41, 5.74) is 0.0511. The van der Waals surface area contributed by atoms with Gasteiger partial charge in [-0.1, -0.05) is 0 Å². The molecule has 5 nitrogen and oxygen atoms in total. The zero-order valence-corrected chi connectivity index (χ0v) is 17.4. The van der Waals surface area contributed by atoms with Crippen molar-refractivity contribution in [3.05, 3.63) is 46.6 Å². The van der Waals surface area contributed by atoms with Crippen molar-refractivity contribution in [2.45, 2.75) is 12.8 Å². The van der Waals surface area contributed by atoms with Crippen LogP contribution in [-0.2, 0) is 0 Å². The van der Waals surface area contributed by atoms with Crippen molar-refractivity contribution in [1.29, 1.82) is 0 Å². The molecule has 0 amide bonds. The van der Waals surface area contributed by atoms with E-state index in [2.05, 4.69) is 9.80 Å². The lowest BCUT2D eigenvalue weighted by molar-refractivity contribution is 0.147. The van der Waals surface area contributed by atoms with Crippen LogP contribution in [0.3, 0.4) is 0 Å². The minimum atomic E-state index is 0.0511. The molecule has 1 aromatic heterocycles. The van der Waals surface area contributed by atoms with Crippen LogP contribution in [0.1, 0.15) is 12.8 Å². The van der Waals surface area contributed by atoms with E-state index in [4.69, 9.17) is 9.47 Å². The molecule has 29 heavy (non-hydrogen) atoms. The van der Waals surface area contributed by atoms with Gasteiger partial charge in [0.05, 0.1) is 0 Å². The summed E-state index contributed by atoms with van der Waals surface area (Å²) < 4.78 is 13.8. The first-order valence-electron chi connectivity index (χ1n) is 10.5. The van der Waals surface area contributed by atoms with Crippen LogP contribution in [0, 0.1) is 0 Å². The van der Waals surface area contributed by atoms with Crippen LogP contribution in [0.4, 0.5) is 0 Å². The highest BCUT2D eigenvalue weighted by Crippen LogP contribution is 2.29. The van der Waals surface area contributed by atoms with E-state index < -0.39 is 0 Å². The molecule has 2 aliphatic rings. The van der Waals surface area contributed by atoms with E-state index in [0.29, 0.717) is 13.2 Å². The molecule has 2 fully saturated rings. The molecule has 0 N–H and O–H groups in total. The van der Waals surface area contributed by atoms with Gasteiger partial charge in [0.2, 0.25) is 0 Å². The van der Waals surface area contributed by atoms with Crippen LogP contribution in [0.2, 0.25) is 0 Å². The highest BCUT2D eigenvalue weighted by molar-refractivity contribution is 7.24. The zero-order valence-electron chi connectivity index (χ0n) is 16.6. The van der Waals surface area contributed by atoms with Crippen molar-refractivity contribution in [3.8, 4) is 11.5 Å². The van der Waals surface area contributed by atoms with Gasteiger partial charge in [0.25, 0.3) is 0 Å². The number of nitrogens with zero attached hydrogens (tertiary/aromatic N) is 2. The first-order chi connectivity index (χ1) is 14.3. The standard InChI is InChI=1S/C23H26N2O3S/c26-23-19-15-17(27-13-11-24-7-1-8-24)3-5-21(19)29-22-6-4-18(16-20(22)23)28-14-12-25-9-2-10-25/h3-6,15-16H,1-2,7-14H2. The van der Waals surface area contributed by atoms with Gasteiger partial charge in [-0.3, -0.25) is 14.6 Å². The molecule has 6 heteroatoms. The molecule has 2 aromatic carbocycles. The van der Waals surface area contributed by atoms with Crippen molar-refractivity contribution in [1.82, 2.24) is 9.80 Å². The molecule has 2 aliphatic heterocycles. The third-order valence-electron chi connectivity index (χ3n) is 5.86. The summed E-state index contributed by atoms with van der Waals surface area (Å²) in [7, 11) is 0. The molecule has 0 radical (unpaired) electrons. The molecule has 5 rings (SSSR count). The quantitative estimate of drug-likeness (QED) is 0.531. The second-order valence-electron chi connectivity index (χ2n) is 7.83. The van der Waals surface area contributed by atoms with Gasteiger partial charge in [0, 0.05) is 33.3 Å². The lowest BCUT2D eigenvalue weighted by Crippen LogP contribution is -2.39. The first-order valence-corrected chi connectivity index (χ1v) is 11.3. The molecular formula is C23H26N2O3S. The molecule has 0 bridgehead atoms. The Morgan fingerprint density at radius 3 is 1.66 bits per heavy atom. The predicted octanol–water partition coefficient (Wildman–Crippen LogP) is 3.58. The van der Waals surface area contributed by atoms with E-state index in [9.17, 15) is 4.79 Å². The van der Waals surface area contributed by atoms with Gasteiger partial charge >= 0.3 is 0 Å². The Bertz CT molecular complexity index is 992. The fourth-order valence-corrected chi connectivity index (χ4v) is 4.82. The average molecular weight is 411 g/mol. The van der Waals surface area contributed by atoms with Crippen molar-refractivity contribution >= 4 is 31.5 Å². The van der Waals surface area contributed by atoms with Crippen molar-refractivity contribution in [3.63, 3.8) is 0 Å². The summed E-state index contributed by atoms with van der Waals surface area (Å²) in [6, 6.07) is 11.7. The number of likely N-dealkylation sites (tertiary alicyclic amines) is 2. The Balaban J connectivity index is 1.34. The second-order valence-corrected chi connectivity index (χ2v) is 8.92. The van der Waals surface area contributed by atoms with Gasteiger partial charge in [-0.2, -0.15) is 0 Å². The number of hydrogen-bond acceptors (Lipinski definition) is 6. The SMILES string of the molecule is O=c1c2cc(OCCN3CCC3)ccc2sc2ccc(OCCN3CCC3)cc12. The summed E-state index contributed by atoms with van der Waals surface area (Å²) in [5.74, 6) is 1.53. The maximum atomic E-state index is 13.1. The van der Waals surface area contributed by atoms with Crippen LogP contribution >= 0.6 is 11.3 Å². The Morgan fingerprint density at radius 2 is 1.24 bits per heavy atom. The first kappa shape index (κ1) is 18.9. The number of ether oxygens (including phenoxy) is 2. The van der Waals surface area contributed by atoms with Crippen LogP contribution in [0.15, 0.2) is 41.2 Å². The molecule has 0 unspecified atom stereocenters. The van der Waals surface area contributed by atoms with Crippen molar-refractivity contribution < 1.29 is 9.47 Å². The molecule has 0 atom stereocenters. The summed E-state index contributed by atoms with van der Waals surface area (Å²) in [4.78, 5) is 17.9. The second kappa shape index (κ2) is 8.30. The summed E-state index contributed by atoms with van der Waals surface area (Å²) in [6.07, 6.45) is 2.57. The van der Waals surface area contributed by atoms with Gasteiger partial charge in [0.1, 0.15) is 24.7 Å². The fourth-order valence-electron chi connectivity index (χ4n) is 3.79. The Morgan fingerprint density at radius 1 is 0.759 bits per heavy atom. The van der Waals surface area contributed by atoms with Crippen molar-refractivity contribution in [2.75, 3.05) is 52.5 Å².